The molecule has 0 saturated carbocycles. The van der Waals surface area contributed by atoms with Crippen LogP contribution in [-0.2, 0) is 25.6 Å². The van der Waals surface area contributed by atoms with Crippen LogP contribution in [0.2, 0.25) is 0 Å². The third kappa shape index (κ3) is 5.10. The number of hydrogen-bond acceptors (Lipinski definition) is 11. The fraction of sp³-hybridized carbons (Fsp3) is 0.296. The van der Waals surface area contributed by atoms with Crippen LogP contribution in [0.3, 0.4) is 0 Å². The van der Waals surface area contributed by atoms with Crippen molar-refractivity contribution in [1.82, 2.24) is 15.0 Å². The van der Waals surface area contributed by atoms with Crippen LogP contribution in [0.5, 0.6) is 11.5 Å². The molecule has 196 valence electrons. The standard InChI is InChI=1S/C27H26N4O6S/c1-4-34-26(32)22(27(33)35-5-2)24-30-23(28-12-17-8-6-7-15(3)29-17)21-18(13-38-25(21)31-24)16-9-10-19-20(11-16)37-14-36-19/h6-11,13,22H,4-5,12,14H2,1-3H3,(H,28,30,31). The average Bonchev–Trinajstić information content (AvgIpc) is 3.54. The molecule has 0 saturated heterocycles. The van der Waals surface area contributed by atoms with Crippen LogP contribution in [0.4, 0.5) is 5.82 Å². The van der Waals surface area contributed by atoms with Gasteiger partial charge in [0.2, 0.25) is 12.7 Å². The highest BCUT2D eigenvalue weighted by Gasteiger charge is 2.35. The Kier molecular flexibility index (Phi) is 7.36. The third-order valence-corrected chi connectivity index (χ3v) is 6.69. The molecule has 0 aliphatic carbocycles. The van der Waals surface area contributed by atoms with E-state index >= 15 is 0 Å². The van der Waals surface area contributed by atoms with E-state index in [0.717, 1.165) is 27.9 Å². The van der Waals surface area contributed by atoms with Gasteiger partial charge in [0.1, 0.15) is 10.6 Å². The minimum atomic E-state index is -1.41. The molecule has 38 heavy (non-hydrogen) atoms. The molecule has 0 bridgehead atoms. The summed E-state index contributed by atoms with van der Waals surface area (Å²) in [6.45, 7) is 6.02. The molecule has 1 aliphatic heterocycles. The van der Waals surface area contributed by atoms with Crippen LogP contribution < -0.4 is 14.8 Å². The monoisotopic (exact) mass is 534 g/mol. The first-order valence-corrected chi connectivity index (χ1v) is 13.0. The quantitative estimate of drug-likeness (QED) is 0.241. The Morgan fingerprint density at radius 2 is 1.79 bits per heavy atom. The number of carbonyl (C=O) groups is 2. The Morgan fingerprint density at radius 1 is 1.03 bits per heavy atom. The number of aromatic nitrogens is 3. The second-order valence-corrected chi connectivity index (χ2v) is 9.25. The molecule has 0 unspecified atom stereocenters. The van der Waals surface area contributed by atoms with Crippen molar-refractivity contribution in [3.63, 3.8) is 0 Å². The van der Waals surface area contributed by atoms with E-state index in [-0.39, 0.29) is 25.8 Å². The second-order valence-electron chi connectivity index (χ2n) is 8.39. The molecule has 5 rings (SSSR count). The van der Waals surface area contributed by atoms with Crippen LogP contribution in [0.1, 0.15) is 37.0 Å². The number of aryl methyl sites for hydroxylation is 1. The van der Waals surface area contributed by atoms with E-state index in [9.17, 15) is 9.59 Å². The zero-order valence-corrected chi connectivity index (χ0v) is 22.0. The zero-order valence-electron chi connectivity index (χ0n) is 21.1. The van der Waals surface area contributed by atoms with Gasteiger partial charge < -0.3 is 24.3 Å². The molecule has 4 aromatic rings. The SMILES string of the molecule is CCOC(=O)C(C(=O)OCC)c1nc(NCc2cccc(C)n2)c2c(-c3ccc4c(c3)OCO4)csc2n1. The summed E-state index contributed by atoms with van der Waals surface area (Å²) in [5, 5.41) is 6.06. The van der Waals surface area contributed by atoms with E-state index < -0.39 is 17.9 Å². The lowest BCUT2D eigenvalue weighted by Crippen LogP contribution is -2.28. The molecule has 1 aromatic carbocycles. The molecule has 11 heteroatoms. The smallest absolute Gasteiger partial charge is 0.328 e. The molecule has 1 aliphatic rings. The van der Waals surface area contributed by atoms with Crippen LogP contribution >= 0.6 is 11.3 Å². The van der Waals surface area contributed by atoms with Gasteiger partial charge in [-0.3, -0.25) is 14.6 Å². The van der Waals surface area contributed by atoms with E-state index in [2.05, 4.69) is 20.3 Å². The number of rotatable bonds is 9. The number of pyridine rings is 1. The minimum Gasteiger partial charge on any atom is -0.465 e. The molecule has 3 aromatic heterocycles. The summed E-state index contributed by atoms with van der Waals surface area (Å²) in [5.74, 6) is -1.12. The Hall–Kier alpha value is -4.25. The van der Waals surface area contributed by atoms with Crippen molar-refractivity contribution in [2.45, 2.75) is 33.2 Å². The first-order valence-electron chi connectivity index (χ1n) is 12.2. The number of nitrogens with zero attached hydrogens (tertiary/aromatic N) is 3. The normalized spacial score (nSPS) is 12.1. The van der Waals surface area contributed by atoms with Gasteiger partial charge in [-0.1, -0.05) is 12.1 Å². The maximum Gasteiger partial charge on any atom is 0.328 e. The molecule has 10 nitrogen and oxygen atoms in total. The highest BCUT2D eigenvalue weighted by atomic mass is 32.1. The van der Waals surface area contributed by atoms with Gasteiger partial charge in [0.05, 0.1) is 30.8 Å². The number of fused-ring (bicyclic) bond motifs is 2. The van der Waals surface area contributed by atoms with Gasteiger partial charge in [0, 0.05) is 16.6 Å². The van der Waals surface area contributed by atoms with Crippen LogP contribution in [0.15, 0.2) is 41.8 Å². The van der Waals surface area contributed by atoms with E-state index in [1.165, 1.54) is 11.3 Å². The van der Waals surface area contributed by atoms with Crippen LogP contribution in [0, 0.1) is 6.92 Å². The third-order valence-electron chi connectivity index (χ3n) is 5.82. The van der Waals surface area contributed by atoms with Gasteiger partial charge in [0.15, 0.2) is 17.3 Å². The summed E-state index contributed by atoms with van der Waals surface area (Å²) >= 11 is 1.38. The predicted octanol–water partition coefficient (Wildman–Crippen LogP) is 4.61. The van der Waals surface area contributed by atoms with E-state index in [4.69, 9.17) is 18.9 Å². The summed E-state index contributed by atoms with van der Waals surface area (Å²) in [4.78, 5) is 40.1. The Labute approximate surface area is 222 Å². The van der Waals surface area contributed by atoms with Crippen molar-refractivity contribution in [3.05, 3.63) is 59.0 Å². The number of ether oxygens (including phenoxy) is 4. The fourth-order valence-corrected chi connectivity index (χ4v) is 5.08. The lowest BCUT2D eigenvalue weighted by molar-refractivity contribution is -0.157. The number of benzene rings is 1. The first-order chi connectivity index (χ1) is 18.5. The lowest BCUT2D eigenvalue weighted by atomic mass is 10.0. The highest BCUT2D eigenvalue weighted by molar-refractivity contribution is 7.17. The van der Waals surface area contributed by atoms with Crippen LogP contribution in [0.25, 0.3) is 21.3 Å². The molecule has 0 atom stereocenters. The number of hydrogen-bond donors (Lipinski definition) is 1. The Balaban J connectivity index is 1.62. The van der Waals surface area contributed by atoms with Crippen molar-refractivity contribution in [2.75, 3.05) is 25.3 Å². The second kappa shape index (κ2) is 11.0. The van der Waals surface area contributed by atoms with Crippen molar-refractivity contribution < 1.29 is 28.5 Å². The van der Waals surface area contributed by atoms with Gasteiger partial charge in [-0.2, -0.15) is 0 Å². The van der Waals surface area contributed by atoms with Crippen molar-refractivity contribution in [2.24, 2.45) is 0 Å². The van der Waals surface area contributed by atoms with Crippen LogP contribution in [-0.4, -0.2) is 46.9 Å². The number of nitrogens with one attached hydrogen (secondary N) is 1. The minimum absolute atomic E-state index is 0.00758. The van der Waals surface area contributed by atoms with Gasteiger partial charge >= 0.3 is 11.9 Å². The molecular weight excluding hydrogens is 508 g/mol. The molecule has 0 fully saturated rings. The fourth-order valence-electron chi connectivity index (χ4n) is 4.12. The molecule has 1 N–H and O–H groups in total. The molecule has 0 amide bonds. The summed E-state index contributed by atoms with van der Waals surface area (Å²) in [5.41, 5.74) is 3.46. The summed E-state index contributed by atoms with van der Waals surface area (Å²) < 4.78 is 21.4. The molecule has 4 heterocycles. The van der Waals surface area contributed by atoms with Crippen molar-refractivity contribution in [1.29, 1.82) is 0 Å². The Morgan fingerprint density at radius 3 is 2.53 bits per heavy atom. The largest absolute Gasteiger partial charge is 0.465 e. The number of anilines is 1. The predicted molar refractivity (Wildman–Crippen MR) is 141 cm³/mol. The van der Waals surface area contributed by atoms with Gasteiger partial charge in [0.25, 0.3) is 0 Å². The molecule has 0 radical (unpaired) electrons. The van der Waals surface area contributed by atoms with E-state index in [1.807, 2.05) is 48.7 Å². The maximum absolute atomic E-state index is 12.8. The molecule has 0 spiro atoms. The van der Waals surface area contributed by atoms with E-state index in [0.29, 0.717) is 28.7 Å². The topological polar surface area (TPSA) is 122 Å². The number of esters is 2. The average molecular weight is 535 g/mol. The summed E-state index contributed by atoms with van der Waals surface area (Å²) in [6.07, 6.45) is 0. The maximum atomic E-state index is 12.8. The van der Waals surface area contributed by atoms with E-state index in [1.54, 1.807) is 13.8 Å². The highest BCUT2D eigenvalue weighted by Crippen LogP contribution is 2.42. The summed E-state index contributed by atoms with van der Waals surface area (Å²) in [7, 11) is 0. The van der Waals surface area contributed by atoms with Crippen molar-refractivity contribution in [3.8, 4) is 22.6 Å². The van der Waals surface area contributed by atoms with Gasteiger partial charge in [-0.15, -0.1) is 11.3 Å². The Bertz CT molecular complexity index is 1490. The lowest BCUT2D eigenvalue weighted by Gasteiger charge is -2.16. The number of thiophene rings is 1. The van der Waals surface area contributed by atoms with Gasteiger partial charge in [-0.25, -0.2) is 9.97 Å². The van der Waals surface area contributed by atoms with Gasteiger partial charge in [-0.05, 0) is 50.6 Å². The first kappa shape index (κ1) is 25.4. The zero-order chi connectivity index (χ0) is 26.6. The molecular formula is C27H26N4O6S. The number of carbonyl (C=O) groups excluding carboxylic acids is 2. The summed E-state index contributed by atoms with van der Waals surface area (Å²) in [6, 6.07) is 11.5. The van der Waals surface area contributed by atoms with Crippen molar-refractivity contribution >= 4 is 39.3 Å².